The van der Waals surface area contributed by atoms with Crippen molar-refractivity contribution in [1.82, 2.24) is 0 Å². The van der Waals surface area contributed by atoms with Crippen molar-refractivity contribution < 1.29 is 17.7 Å². The normalized spacial score (nSPS) is 11.6. The van der Waals surface area contributed by atoms with Crippen molar-refractivity contribution in [3.63, 3.8) is 0 Å². The van der Waals surface area contributed by atoms with Crippen molar-refractivity contribution in [1.29, 1.82) is 0 Å². The zero-order valence-corrected chi connectivity index (χ0v) is 14.6. The first-order valence-electron chi connectivity index (χ1n) is 6.34. The summed E-state index contributed by atoms with van der Waals surface area (Å²) in [5.41, 5.74) is 0.923. The molecule has 21 heavy (non-hydrogen) atoms. The minimum absolute atomic E-state index is 0.0225. The Morgan fingerprint density at radius 3 is 2.29 bits per heavy atom. The largest absolute Gasteiger partial charge is 0.504 e. The van der Waals surface area contributed by atoms with E-state index in [1.54, 1.807) is 24.3 Å². The highest BCUT2D eigenvalue weighted by atomic mass is 127. The summed E-state index contributed by atoms with van der Waals surface area (Å²) >= 11 is 1.99. The average Bonchev–Trinajstić information content (AvgIpc) is 2.44. The standard InChI is InChI=1S/C15H15IO4S/c1-10(2)12-8-9-13(17)15(14(12)16)20-21(18,19)11-6-4-3-5-7-11/h3-10,17H,1-2H3. The Morgan fingerprint density at radius 2 is 1.71 bits per heavy atom. The minimum atomic E-state index is -3.97. The first-order valence-corrected chi connectivity index (χ1v) is 8.82. The third-order valence-electron chi connectivity index (χ3n) is 2.95. The van der Waals surface area contributed by atoms with Gasteiger partial charge in [-0.25, -0.2) is 0 Å². The first kappa shape index (κ1) is 16.1. The number of halogens is 1. The second-order valence-corrected chi connectivity index (χ2v) is 7.45. The molecule has 4 nitrogen and oxygen atoms in total. The molecule has 0 radical (unpaired) electrons. The van der Waals surface area contributed by atoms with Crippen LogP contribution in [0.25, 0.3) is 0 Å². The summed E-state index contributed by atoms with van der Waals surface area (Å²) < 4.78 is 30.3. The van der Waals surface area contributed by atoms with Gasteiger partial charge in [-0.2, -0.15) is 8.42 Å². The summed E-state index contributed by atoms with van der Waals surface area (Å²) in [6.45, 7) is 3.98. The Morgan fingerprint density at radius 1 is 1.10 bits per heavy atom. The Hall–Kier alpha value is -1.28. The van der Waals surface area contributed by atoms with Gasteiger partial charge in [-0.1, -0.05) is 38.1 Å². The smallest absolute Gasteiger partial charge is 0.339 e. The molecule has 0 spiro atoms. The quantitative estimate of drug-likeness (QED) is 0.605. The fraction of sp³-hybridized carbons (Fsp3) is 0.200. The minimum Gasteiger partial charge on any atom is -0.504 e. The second-order valence-electron chi connectivity index (χ2n) is 4.82. The summed E-state index contributed by atoms with van der Waals surface area (Å²) in [6, 6.07) is 11.1. The van der Waals surface area contributed by atoms with Crippen LogP contribution < -0.4 is 4.18 Å². The molecule has 2 aromatic carbocycles. The zero-order valence-electron chi connectivity index (χ0n) is 11.6. The van der Waals surface area contributed by atoms with Crippen molar-refractivity contribution in [3.05, 3.63) is 51.6 Å². The molecule has 0 aliphatic heterocycles. The fourth-order valence-corrected chi connectivity index (χ4v) is 4.14. The van der Waals surface area contributed by atoms with Gasteiger partial charge in [-0.05, 0) is 52.3 Å². The number of rotatable bonds is 4. The molecule has 2 aromatic rings. The maximum Gasteiger partial charge on any atom is 0.339 e. The van der Waals surface area contributed by atoms with E-state index < -0.39 is 10.1 Å². The van der Waals surface area contributed by atoms with Crippen molar-refractivity contribution in [2.75, 3.05) is 0 Å². The topological polar surface area (TPSA) is 63.6 Å². The van der Waals surface area contributed by atoms with Gasteiger partial charge in [0.1, 0.15) is 4.90 Å². The maximum atomic E-state index is 12.3. The van der Waals surface area contributed by atoms with Gasteiger partial charge in [-0.15, -0.1) is 0 Å². The molecule has 0 heterocycles. The van der Waals surface area contributed by atoms with Crippen LogP contribution in [0.3, 0.4) is 0 Å². The lowest BCUT2D eigenvalue weighted by atomic mass is 10.0. The van der Waals surface area contributed by atoms with Crippen LogP contribution in [0.5, 0.6) is 11.5 Å². The molecular weight excluding hydrogens is 403 g/mol. The Balaban J connectivity index is 2.47. The molecule has 0 aromatic heterocycles. The van der Waals surface area contributed by atoms with Gasteiger partial charge in [0.25, 0.3) is 0 Å². The Bertz CT molecular complexity index is 740. The second kappa shape index (κ2) is 6.23. The predicted molar refractivity (Wildman–Crippen MR) is 89.2 cm³/mol. The number of benzene rings is 2. The number of hydrogen-bond acceptors (Lipinski definition) is 4. The van der Waals surface area contributed by atoms with Gasteiger partial charge >= 0.3 is 10.1 Å². The Labute approximate surface area is 138 Å². The van der Waals surface area contributed by atoms with Gasteiger partial charge in [0.05, 0.1) is 3.57 Å². The highest BCUT2D eigenvalue weighted by Crippen LogP contribution is 2.38. The van der Waals surface area contributed by atoms with Crippen LogP contribution in [0, 0.1) is 3.57 Å². The molecule has 0 amide bonds. The van der Waals surface area contributed by atoms with E-state index in [2.05, 4.69) is 0 Å². The van der Waals surface area contributed by atoms with Crippen LogP contribution in [0.15, 0.2) is 47.4 Å². The molecule has 112 valence electrons. The molecule has 0 aliphatic rings. The monoisotopic (exact) mass is 418 g/mol. The predicted octanol–water partition coefficient (Wildman–Crippen LogP) is 3.89. The average molecular weight is 418 g/mol. The molecule has 0 bridgehead atoms. The third-order valence-corrected chi connectivity index (χ3v) is 5.30. The van der Waals surface area contributed by atoms with Crippen molar-refractivity contribution in [2.45, 2.75) is 24.7 Å². The highest BCUT2D eigenvalue weighted by molar-refractivity contribution is 14.1. The highest BCUT2D eigenvalue weighted by Gasteiger charge is 2.22. The van der Waals surface area contributed by atoms with E-state index in [1.165, 1.54) is 18.2 Å². The van der Waals surface area contributed by atoms with E-state index in [0.29, 0.717) is 3.57 Å². The molecule has 0 aliphatic carbocycles. The molecular formula is C15H15IO4S. The summed E-state index contributed by atoms with van der Waals surface area (Å²) in [6.07, 6.45) is 0. The number of hydrogen-bond donors (Lipinski definition) is 1. The van der Waals surface area contributed by atoms with E-state index in [9.17, 15) is 13.5 Å². The van der Waals surface area contributed by atoms with Gasteiger partial charge in [0.2, 0.25) is 0 Å². The van der Waals surface area contributed by atoms with E-state index in [-0.39, 0.29) is 22.3 Å². The van der Waals surface area contributed by atoms with Crippen LogP contribution >= 0.6 is 22.6 Å². The molecule has 0 fully saturated rings. The maximum absolute atomic E-state index is 12.3. The lowest BCUT2D eigenvalue weighted by Crippen LogP contribution is -2.11. The molecule has 1 N–H and O–H groups in total. The Kier molecular flexibility index (Phi) is 4.77. The lowest BCUT2D eigenvalue weighted by Gasteiger charge is -2.15. The van der Waals surface area contributed by atoms with E-state index in [1.807, 2.05) is 36.4 Å². The van der Waals surface area contributed by atoms with Crippen LogP contribution in [0.2, 0.25) is 0 Å². The first-order chi connectivity index (χ1) is 9.83. The summed E-state index contributed by atoms with van der Waals surface area (Å²) in [5, 5.41) is 9.91. The van der Waals surface area contributed by atoms with Crippen LogP contribution in [0.1, 0.15) is 25.3 Å². The van der Waals surface area contributed by atoms with Gasteiger partial charge in [-0.3, -0.25) is 0 Å². The molecule has 0 unspecified atom stereocenters. The van der Waals surface area contributed by atoms with Gasteiger partial charge < -0.3 is 9.29 Å². The molecule has 6 heteroatoms. The fourth-order valence-electron chi connectivity index (χ4n) is 1.83. The van der Waals surface area contributed by atoms with Gasteiger partial charge in [0, 0.05) is 0 Å². The zero-order chi connectivity index (χ0) is 15.6. The lowest BCUT2D eigenvalue weighted by molar-refractivity contribution is 0.425. The summed E-state index contributed by atoms with van der Waals surface area (Å²) in [4.78, 5) is 0.0511. The van der Waals surface area contributed by atoms with Crippen LogP contribution in [-0.4, -0.2) is 13.5 Å². The molecule has 0 saturated heterocycles. The number of aromatic hydroxyl groups is 1. The van der Waals surface area contributed by atoms with Crippen molar-refractivity contribution >= 4 is 32.7 Å². The molecule has 0 atom stereocenters. The van der Waals surface area contributed by atoms with Crippen LogP contribution in [0.4, 0.5) is 0 Å². The summed E-state index contributed by atoms with van der Waals surface area (Å²) in [7, 11) is -3.97. The van der Waals surface area contributed by atoms with E-state index in [4.69, 9.17) is 4.18 Å². The number of phenols is 1. The van der Waals surface area contributed by atoms with E-state index >= 15 is 0 Å². The molecule has 2 rings (SSSR count). The van der Waals surface area contributed by atoms with E-state index in [0.717, 1.165) is 5.56 Å². The van der Waals surface area contributed by atoms with Crippen molar-refractivity contribution in [2.24, 2.45) is 0 Å². The van der Waals surface area contributed by atoms with Crippen LogP contribution in [-0.2, 0) is 10.1 Å². The third kappa shape index (κ3) is 3.49. The SMILES string of the molecule is CC(C)c1ccc(O)c(OS(=O)(=O)c2ccccc2)c1I. The van der Waals surface area contributed by atoms with Gasteiger partial charge in [0.15, 0.2) is 11.5 Å². The van der Waals surface area contributed by atoms with Crippen molar-refractivity contribution in [3.8, 4) is 11.5 Å². The summed E-state index contributed by atoms with van der Waals surface area (Å²) in [5.74, 6) is -0.0201. The molecule has 0 saturated carbocycles. The number of phenolic OH excluding ortho intramolecular Hbond substituents is 1.